The van der Waals surface area contributed by atoms with Crippen LogP contribution in [0.2, 0.25) is 5.02 Å². The van der Waals surface area contributed by atoms with E-state index in [2.05, 4.69) is 68.1 Å². The first-order chi connectivity index (χ1) is 29.1. The van der Waals surface area contributed by atoms with Gasteiger partial charge < -0.3 is 24.8 Å². The molecule has 1 saturated carbocycles. The first-order valence-corrected chi connectivity index (χ1v) is 21.7. The van der Waals surface area contributed by atoms with Gasteiger partial charge in [0.1, 0.15) is 23.7 Å². The number of rotatable bonds is 9. The minimum atomic E-state index is -0.734. The number of hydrogen-bond donors (Lipinski definition) is 2. The number of piperazine rings is 1. The van der Waals surface area contributed by atoms with Crippen LogP contribution in [-0.2, 0) is 16.1 Å². The maximum atomic E-state index is 15.8. The summed E-state index contributed by atoms with van der Waals surface area (Å²) < 4.78 is 22.2. The molecule has 6 heterocycles. The van der Waals surface area contributed by atoms with E-state index in [1.807, 2.05) is 12.1 Å². The van der Waals surface area contributed by atoms with Gasteiger partial charge in [-0.3, -0.25) is 29.4 Å². The van der Waals surface area contributed by atoms with Gasteiger partial charge in [0, 0.05) is 80.2 Å². The molecule has 320 valence electrons. The summed E-state index contributed by atoms with van der Waals surface area (Å²) in [7, 11) is 0. The number of nitrogens with zero attached hydrogens (tertiary/aromatic N) is 7. The minimum Gasteiger partial charge on any atom is -0.489 e. The zero-order valence-corrected chi connectivity index (χ0v) is 35.7. The number of anilines is 2. The van der Waals surface area contributed by atoms with E-state index in [0.29, 0.717) is 33.6 Å². The molecule has 2 aromatic carbocycles. The van der Waals surface area contributed by atoms with E-state index in [1.54, 1.807) is 24.3 Å². The molecule has 1 aliphatic carbocycles. The third-order valence-corrected chi connectivity index (χ3v) is 14.5. The summed E-state index contributed by atoms with van der Waals surface area (Å²) in [5.41, 5.74) is 1.37. The Kier molecular flexibility index (Phi) is 10.5. The van der Waals surface area contributed by atoms with E-state index in [1.165, 1.54) is 11.0 Å². The molecule has 3 atom stereocenters. The Balaban J connectivity index is 0.758. The highest BCUT2D eigenvalue weighted by Crippen LogP contribution is 2.56. The van der Waals surface area contributed by atoms with Gasteiger partial charge in [0.15, 0.2) is 11.5 Å². The van der Waals surface area contributed by atoms with Crippen LogP contribution in [0.4, 0.5) is 21.6 Å². The average molecular weight is 852 g/mol. The summed E-state index contributed by atoms with van der Waals surface area (Å²) in [5, 5.41) is 14.7. The number of amides is 4. The number of carbonyl (C=O) groups is 4. The second-order valence-corrected chi connectivity index (χ2v) is 19.3. The SMILES string of the molecule is [C-]#[N+]c1ccc(OC2C(C)(C)C(NC(=O)c3ccc(N4CCC(CN5CC6CCC(C5)N6c5cc6c(cc5F)C(=O)N(C5CCC(=O)NC5=O)C6)CC4)nn3)C2(C)C)cc1Cl. The van der Waals surface area contributed by atoms with Crippen LogP contribution in [0.15, 0.2) is 42.5 Å². The lowest BCUT2D eigenvalue weighted by atomic mass is 9.49. The molecule has 5 aliphatic heterocycles. The number of aromatic nitrogens is 2. The summed E-state index contributed by atoms with van der Waals surface area (Å²) in [4.78, 5) is 62.8. The van der Waals surface area contributed by atoms with Gasteiger partial charge in [0.2, 0.25) is 17.5 Å². The second-order valence-electron chi connectivity index (χ2n) is 18.9. The third kappa shape index (κ3) is 7.35. The van der Waals surface area contributed by atoms with Crippen molar-refractivity contribution in [3.8, 4) is 5.75 Å². The standard InChI is InChI=1S/C45H51ClFN9O5/c1-44(2)42(45(3,4)43(44)61-29-8-9-33(48-5)31(46)19-29)50-39(58)34-10-12-37(52-51-34)54-16-14-25(15-17-54)21-53-23-27-6-7-28(24-53)56(27)36-18-26-22-55(41(60)30(26)20-32(36)47)35-11-13-38(57)49-40(35)59/h8-10,12,18-20,25,27-28,35,42-43H,6-7,11,13-17,21-24H2,1-4H3,(H,50,58)(H,49,57,59). The number of likely N-dealkylation sites (tertiary alicyclic amines) is 1. The number of carbonyl (C=O) groups excluding carboxylic acids is 4. The Bertz CT molecular complexity index is 2300. The van der Waals surface area contributed by atoms with Crippen molar-refractivity contribution in [2.24, 2.45) is 16.7 Å². The molecule has 4 saturated heterocycles. The van der Waals surface area contributed by atoms with Crippen molar-refractivity contribution in [2.75, 3.05) is 42.5 Å². The lowest BCUT2D eigenvalue weighted by Gasteiger charge is -2.63. The van der Waals surface area contributed by atoms with E-state index in [9.17, 15) is 19.2 Å². The van der Waals surface area contributed by atoms with Crippen LogP contribution in [0.25, 0.3) is 4.85 Å². The summed E-state index contributed by atoms with van der Waals surface area (Å²) in [5.74, 6) is -0.0318. The molecule has 2 bridgehead atoms. The fourth-order valence-electron chi connectivity index (χ4n) is 11.4. The number of benzene rings is 2. The molecule has 5 fully saturated rings. The predicted octanol–water partition coefficient (Wildman–Crippen LogP) is 5.76. The number of piperidine rings is 2. The molecular weight excluding hydrogens is 801 g/mol. The Morgan fingerprint density at radius 1 is 0.984 bits per heavy atom. The van der Waals surface area contributed by atoms with Crippen LogP contribution in [0.1, 0.15) is 92.6 Å². The van der Waals surface area contributed by atoms with Crippen molar-refractivity contribution < 1.29 is 28.3 Å². The molecule has 2 N–H and O–H groups in total. The van der Waals surface area contributed by atoms with Crippen LogP contribution in [0.5, 0.6) is 5.75 Å². The van der Waals surface area contributed by atoms with Gasteiger partial charge in [-0.05, 0) is 80.0 Å². The van der Waals surface area contributed by atoms with Gasteiger partial charge in [0.25, 0.3) is 11.8 Å². The summed E-state index contributed by atoms with van der Waals surface area (Å²) in [6, 6.07) is 11.2. The van der Waals surface area contributed by atoms with Crippen LogP contribution in [-0.4, -0.2) is 107 Å². The lowest BCUT2D eigenvalue weighted by molar-refractivity contribution is -0.164. The van der Waals surface area contributed by atoms with Gasteiger partial charge in [-0.1, -0.05) is 45.4 Å². The van der Waals surface area contributed by atoms with Crippen molar-refractivity contribution in [1.29, 1.82) is 0 Å². The molecule has 4 amide bonds. The zero-order chi connectivity index (χ0) is 43.0. The second kappa shape index (κ2) is 15.5. The molecule has 3 unspecified atom stereocenters. The van der Waals surface area contributed by atoms with Crippen LogP contribution in [0.3, 0.4) is 0 Å². The van der Waals surface area contributed by atoms with Crippen LogP contribution in [0, 0.1) is 29.1 Å². The maximum Gasteiger partial charge on any atom is 0.272 e. The van der Waals surface area contributed by atoms with Gasteiger partial charge >= 0.3 is 0 Å². The third-order valence-electron chi connectivity index (χ3n) is 14.2. The minimum absolute atomic E-state index is 0.172. The van der Waals surface area contributed by atoms with E-state index >= 15 is 4.39 Å². The molecule has 0 radical (unpaired) electrons. The van der Waals surface area contributed by atoms with Gasteiger partial charge in [-0.15, -0.1) is 10.2 Å². The molecule has 9 rings (SSSR count). The smallest absolute Gasteiger partial charge is 0.272 e. The van der Waals surface area contributed by atoms with E-state index < -0.39 is 28.6 Å². The number of imide groups is 1. The van der Waals surface area contributed by atoms with Crippen molar-refractivity contribution in [2.45, 2.75) is 103 Å². The van der Waals surface area contributed by atoms with E-state index in [-0.39, 0.29) is 67.0 Å². The van der Waals surface area contributed by atoms with E-state index in [0.717, 1.165) is 69.8 Å². The quantitative estimate of drug-likeness (QED) is 0.202. The summed E-state index contributed by atoms with van der Waals surface area (Å²) in [6.07, 6.45) is 4.19. The van der Waals surface area contributed by atoms with Crippen molar-refractivity contribution in [3.05, 3.63) is 81.5 Å². The molecule has 61 heavy (non-hydrogen) atoms. The molecular formula is C45H51ClFN9O5. The molecule has 14 nitrogen and oxygen atoms in total. The van der Waals surface area contributed by atoms with Crippen molar-refractivity contribution >= 4 is 52.4 Å². The fraction of sp³-hybridized carbons (Fsp3) is 0.533. The maximum absolute atomic E-state index is 15.8. The number of fused-ring (bicyclic) bond motifs is 3. The van der Waals surface area contributed by atoms with Crippen molar-refractivity contribution in [1.82, 2.24) is 30.6 Å². The normalized spacial score (nSPS) is 27.0. The Hall–Kier alpha value is -5.33. The zero-order valence-electron chi connectivity index (χ0n) is 34.9. The van der Waals surface area contributed by atoms with Gasteiger partial charge in [-0.2, -0.15) is 0 Å². The monoisotopic (exact) mass is 851 g/mol. The largest absolute Gasteiger partial charge is 0.489 e. The molecule has 6 aliphatic rings. The number of nitrogens with one attached hydrogen (secondary N) is 2. The number of ether oxygens (including phenoxy) is 1. The lowest BCUT2D eigenvalue weighted by Crippen LogP contribution is -2.74. The Labute approximate surface area is 359 Å². The summed E-state index contributed by atoms with van der Waals surface area (Å²) >= 11 is 6.26. The number of halogens is 2. The topological polar surface area (TPSA) is 145 Å². The summed E-state index contributed by atoms with van der Waals surface area (Å²) in [6.45, 7) is 20.1. The first kappa shape index (κ1) is 41.0. The van der Waals surface area contributed by atoms with E-state index in [4.69, 9.17) is 22.9 Å². The number of hydrogen-bond acceptors (Lipinski definition) is 10. The van der Waals surface area contributed by atoms with Crippen LogP contribution >= 0.6 is 11.6 Å². The highest BCUT2D eigenvalue weighted by Gasteiger charge is 2.64. The Morgan fingerprint density at radius 3 is 2.34 bits per heavy atom. The fourth-order valence-corrected chi connectivity index (χ4v) is 11.6. The highest BCUT2D eigenvalue weighted by atomic mass is 35.5. The van der Waals surface area contributed by atoms with Crippen LogP contribution < -0.4 is 25.2 Å². The van der Waals surface area contributed by atoms with Crippen molar-refractivity contribution in [3.63, 3.8) is 0 Å². The Morgan fingerprint density at radius 2 is 1.70 bits per heavy atom. The molecule has 0 spiro atoms. The molecule has 1 aromatic heterocycles. The molecule has 16 heteroatoms. The first-order valence-electron chi connectivity index (χ1n) is 21.3. The van der Waals surface area contributed by atoms with Gasteiger partial charge in [-0.25, -0.2) is 9.24 Å². The van der Waals surface area contributed by atoms with Gasteiger partial charge in [0.05, 0.1) is 17.3 Å². The predicted molar refractivity (Wildman–Crippen MR) is 226 cm³/mol. The highest BCUT2D eigenvalue weighted by molar-refractivity contribution is 6.33. The average Bonchev–Trinajstić information content (AvgIpc) is 3.68. The molecule has 3 aromatic rings.